The molecule has 0 spiro atoms. The van der Waals surface area contributed by atoms with E-state index in [0.29, 0.717) is 16.9 Å². The molecule has 1 aromatic heterocycles. The van der Waals surface area contributed by atoms with Crippen molar-refractivity contribution in [2.24, 2.45) is 0 Å². The molecule has 0 unspecified atom stereocenters. The molecule has 3 rings (SSSR count). The van der Waals surface area contributed by atoms with Crippen LogP contribution in [0.4, 0.5) is 5.69 Å². The van der Waals surface area contributed by atoms with Gasteiger partial charge in [-0.3, -0.25) is 9.10 Å². The van der Waals surface area contributed by atoms with E-state index in [-0.39, 0.29) is 16.2 Å². The number of para-hydroxylation sites is 1. The number of H-pyrrole nitrogens is 1. The number of rotatable bonds is 7. The SMILES string of the molecule is COC(=O)c1c(C)[nH]c(C(=O)CN(c2ccccc2)S(=O)(=O)c2ccc(C)cc2)c1C. The predicted octanol–water partition coefficient (Wildman–Crippen LogP) is 3.80. The standard InChI is InChI=1S/C23H24N2O5S/c1-15-10-12-19(13-11-15)31(28,29)25(18-8-6-5-7-9-18)14-20(26)22-16(2)21(17(3)24-22)23(27)30-4/h5-13,24H,14H2,1-4H3. The average molecular weight is 441 g/mol. The van der Waals surface area contributed by atoms with Gasteiger partial charge in [0.1, 0.15) is 0 Å². The minimum absolute atomic E-state index is 0.0874. The normalized spacial score (nSPS) is 11.2. The lowest BCUT2D eigenvalue weighted by atomic mass is 10.1. The van der Waals surface area contributed by atoms with Gasteiger partial charge in [0.2, 0.25) is 0 Å². The number of aryl methyl sites for hydroxylation is 2. The number of hydrogen-bond donors (Lipinski definition) is 1. The summed E-state index contributed by atoms with van der Waals surface area (Å²) in [7, 11) is -2.74. The van der Waals surface area contributed by atoms with Crippen LogP contribution in [-0.2, 0) is 14.8 Å². The topological polar surface area (TPSA) is 96.5 Å². The highest BCUT2D eigenvalue weighted by Gasteiger charge is 2.30. The van der Waals surface area contributed by atoms with Crippen LogP contribution in [0.5, 0.6) is 0 Å². The first-order valence-electron chi connectivity index (χ1n) is 9.62. The van der Waals surface area contributed by atoms with Crippen LogP contribution in [0, 0.1) is 20.8 Å². The van der Waals surface area contributed by atoms with Crippen LogP contribution in [-0.4, -0.2) is 38.8 Å². The number of nitrogens with zero attached hydrogens (tertiary/aromatic N) is 1. The van der Waals surface area contributed by atoms with Gasteiger partial charge in [-0.05, 0) is 50.6 Å². The summed E-state index contributed by atoms with van der Waals surface area (Å²) >= 11 is 0. The third kappa shape index (κ3) is 4.39. The Labute approximate surface area is 181 Å². The zero-order chi connectivity index (χ0) is 22.8. The van der Waals surface area contributed by atoms with Gasteiger partial charge in [0.05, 0.1) is 35.5 Å². The number of anilines is 1. The molecular formula is C23H24N2O5S. The van der Waals surface area contributed by atoms with Crippen molar-refractivity contribution < 1.29 is 22.7 Å². The lowest BCUT2D eigenvalue weighted by Gasteiger charge is -2.24. The zero-order valence-electron chi connectivity index (χ0n) is 17.8. The van der Waals surface area contributed by atoms with E-state index in [4.69, 9.17) is 4.74 Å². The monoisotopic (exact) mass is 440 g/mol. The molecule has 0 radical (unpaired) electrons. The van der Waals surface area contributed by atoms with E-state index in [1.165, 1.54) is 19.2 Å². The smallest absolute Gasteiger partial charge is 0.339 e. The number of carbonyl (C=O) groups is 2. The second-order valence-electron chi connectivity index (χ2n) is 7.20. The van der Waals surface area contributed by atoms with E-state index in [2.05, 4.69) is 4.98 Å². The second kappa shape index (κ2) is 8.77. The first kappa shape index (κ1) is 22.3. The third-order valence-corrected chi connectivity index (χ3v) is 6.83. The number of esters is 1. The Balaban J connectivity index is 2.04. The molecule has 0 fully saturated rings. The summed E-state index contributed by atoms with van der Waals surface area (Å²) in [5.41, 5.74) is 2.66. The van der Waals surface area contributed by atoms with Gasteiger partial charge in [-0.1, -0.05) is 35.9 Å². The fraction of sp³-hybridized carbons (Fsp3) is 0.217. The summed E-state index contributed by atoms with van der Waals surface area (Å²) in [6.07, 6.45) is 0. The summed E-state index contributed by atoms with van der Waals surface area (Å²) in [5, 5.41) is 0. The predicted molar refractivity (Wildman–Crippen MR) is 118 cm³/mol. The van der Waals surface area contributed by atoms with Crippen LogP contribution in [0.1, 0.15) is 37.7 Å². The maximum atomic E-state index is 13.4. The molecule has 0 aliphatic rings. The first-order valence-corrected chi connectivity index (χ1v) is 11.1. The van der Waals surface area contributed by atoms with Gasteiger partial charge in [0.15, 0.2) is 5.78 Å². The quantitative estimate of drug-likeness (QED) is 0.445. The number of aromatic nitrogens is 1. The molecule has 8 heteroatoms. The minimum atomic E-state index is -4.00. The number of hydrogen-bond acceptors (Lipinski definition) is 5. The van der Waals surface area contributed by atoms with Crippen LogP contribution in [0.2, 0.25) is 0 Å². The number of Topliss-reactive ketones (excluding diaryl/α,β-unsaturated/α-hetero) is 1. The van der Waals surface area contributed by atoms with Gasteiger partial charge < -0.3 is 9.72 Å². The van der Waals surface area contributed by atoms with Gasteiger partial charge in [0, 0.05) is 5.69 Å². The van der Waals surface area contributed by atoms with E-state index in [0.717, 1.165) is 9.87 Å². The molecule has 162 valence electrons. The van der Waals surface area contributed by atoms with E-state index >= 15 is 0 Å². The minimum Gasteiger partial charge on any atom is -0.465 e. The lowest BCUT2D eigenvalue weighted by molar-refractivity contribution is 0.0599. The molecule has 1 N–H and O–H groups in total. The molecule has 0 bridgehead atoms. The molecule has 31 heavy (non-hydrogen) atoms. The van der Waals surface area contributed by atoms with Crippen molar-refractivity contribution in [1.82, 2.24) is 4.98 Å². The van der Waals surface area contributed by atoms with Crippen molar-refractivity contribution in [2.45, 2.75) is 25.7 Å². The molecule has 0 aliphatic heterocycles. The summed E-state index contributed by atoms with van der Waals surface area (Å²) in [6, 6.07) is 14.9. The highest BCUT2D eigenvalue weighted by Crippen LogP contribution is 2.26. The lowest BCUT2D eigenvalue weighted by Crippen LogP contribution is -2.36. The number of benzene rings is 2. The summed E-state index contributed by atoms with van der Waals surface area (Å²) < 4.78 is 32.7. The summed E-state index contributed by atoms with van der Waals surface area (Å²) in [5.74, 6) is -1.02. The molecular weight excluding hydrogens is 416 g/mol. The molecule has 0 saturated carbocycles. The van der Waals surface area contributed by atoms with Crippen molar-refractivity contribution in [3.05, 3.63) is 82.7 Å². The number of methoxy groups -OCH3 is 1. The number of nitrogens with one attached hydrogen (secondary N) is 1. The fourth-order valence-corrected chi connectivity index (χ4v) is 4.81. The maximum Gasteiger partial charge on any atom is 0.339 e. The van der Waals surface area contributed by atoms with E-state index in [9.17, 15) is 18.0 Å². The number of carbonyl (C=O) groups excluding carboxylic acids is 2. The van der Waals surface area contributed by atoms with Gasteiger partial charge >= 0.3 is 5.97 Å². The Bertz CT molecular complexity index is 1210. The molecule has 0 amide bonds. The van der Waals surface area contributed by atoms with Crippen LogP contribution >= 0.6 is 0 Å². The van der Waals surface area contributed by atoms with Crippen LogP contribution in [0.3, 0.4) is 0 Å². The van der Waals surface area contributed by atoms with Crippen LogP contribution < -0.4 is 4.31 Å². The van der Waals surface area contributed by atoms with Crippen molar-refractivity contribution in [3.8, 4) is 0 Å². The van der Waals surface area contributed by atoms with Crippen LogP contribution in [0.15, 0.2) is 59.5 Å². The Morgan fingerprint density at radius 1 is 0.968 bits per heavy atom. The zero-order valence-corrected chi connectivity index (χ0v) is 18.6. The molecule has 0 atom stereocenters. The molecule has 7 nitrogen and oxygen atoms in total. The van der Waals surface area contributed by atoms with Crippen molar-refractivity contribution in [3.63, 3.8) is 0 Å². The number of sulfonamides is 1. The van der Waals surface area contributed by atoms with E-state index < -0.39 is 28.3 Å². The first-order chi connectivity index (χ1) is 14.7. The Morgan fingerprint density at radius 3 is 2.16 bits per heavy atom. The van der Waals surface area contributed by atoms with Gasteiger partial charge in [0.25, 0.3) is 10.0 Å². The highest BCUT2D eigenvalue weighted by molar-refractivity contribution is 7.92. The number of ketones is 1. The van der Waals surface area contributed by atoms with Gasteiger partial charge in [-0.25, -0.2) is 13.2 Å². The average Bonchev–Trinajstić information content (AvgIpc) is 3.06. The second-order valence-corrected chi connectivity index (χ2v) is 9.06. The molecule has 2 aromatic carbocycles. The largest absolute Gasteiger partial charge is 0.465 e. The van der Waals surface area contributed by atoms with Gasteiger partial charge in [-0.2, -0.15) is 0 Å². The van der Waals surface area contributed by atoms with Crippen molar-refractivity contribution in [1.29, 1.82) is 0 Å². The van der Waals surface area contributed by atoms with Crippen LogP contribution in [0.25, 0.3) is 0 Å². The van der Waals surface area contributed by atoms with Crippen molar-refractivity contribution >= 4 is 27.5 Å². The third-order valence-electron chi connectivity index (χ3n) is 5.05. The Kier molecular flexibility index (Phi) is 6.31. The molecule has 3 aromatic rings. The highest BCUT2D eigenvalue weighted by atomic mass is 32.2. The van der Waals surface area contributed by atoms with Gasteiger partial charge in [-0.15, -0.1) is 0 Å². The molecule has 0 aliphatic carbocycles. The fourth-order valence-electron chi connectivity index (χ4n) is 3.39. The van der Waals surface area contributed by atoms with E-state index in [1.807, 2.05) is 6.92 Å². The maximum absolute atomic E-state index is 13.4. The summed E-state index contributed by atoms with van der Waals surface area (Å²) in [4.78, 5) is 28.2. The van der Waals surface area contributed by atoms with Crippen molar-refractivity contribution in [2.75, 3.05) is 18.0 Å². The molecule has 1 heterocycles. The number of aromatic amines is 1. The Morgan fingerprint density at radius 2 is 1.58 bits per heavy atom. The molecule has 0 saturated heterocycles. The Hall–Kier alpha value is -3.39. The number of ether oxygens (including phenoxy) is 1. The summed E-state index contributed by atoms with van der Waals surface area (Å²) in [6.45, 7) is 4.73. The van der Waals surface area contributed by atoms with E-state index in [1.54, 1.807) is 56.3 Å².